The molecule has 0 bridgehead atoms. The van der Waals surface area contributed by atoms with Gasteiger partial charge in [0.05, 0.1) is 29.1 Å². The van der Waals surface area contributed by atoms with Crippen molar-refractivity contribution >= 4 is 22.4 Å². The van der Waals surface area contributed by atoms with Crippen molar-refractivity contribution in [2.45, 2.75) is 24.9 Å². The van der Waals surface area contributed by atoms with Crippen LogP contribution in [-0.4, -0.2) is 34.0 Å². The number of hydrogen-bond donors (Lipinski definition) is 0. The molecule has 1 aromatic carbocycles. The second kappa shape index (κ2) is 7.23. The Morgan fingerprint density at radius 2 is 1.79 bits per heavy atom. The second-order valence-corrected chi connectivity index (χ2v) is 7.20. The first-order valence-corrected chi connectivity index (χ1v) is 9.32. The Morgan fingerprint density at radius 3 is 2.46 bits per heavy atom. The smallest absolute Gasteiger partial charge is 0.145 e. The molecule has 0 aliphatic rings. The zero-order valence-electron chi connectivity index (χ0n) is 13.4. The zero-order chi connectivity index (χ0) is 17.1. The summed E-state index contributed by atoms with van der Waals surface area (Å²) in [5, 5.41) is 17.0. The number of aromatic nitrogens is 6. The largest absolute Gasteiger partial charge is 0.317 e. The van der Waals surface area contributed by atoms with Crippen molar-refractivity contribution in [1.29, 1.82) is 0 Å². The maximum atomic E-state index is 12.4. The fourth-order valence-electron chi connectivity index (χ4n) is 2.28. The molecule has 0 saturated heterocycles. The van der Waals surface area contributed by atoms with E-state index in [1.807, 2.05) is 30.7 Å². The van der Waals surface area contributed by atoms with Gasteiger partial charge in [-0.2, -0.15) is 0 Å². The molecule has 7 nitrogen and oxygen atoms in total. The summed E-state index contributed by atoms with van der Waals surface area (Å²) in [6, 6.07) is 7.28. The Labute approximate surface area is 147 Å². The van der Waals surface area contributed by atoms with Crippen LogP contribution < -0.4 is 0 Å². The van der Waals surface area contributed by atoms with Gasteiger partial charge in [-0.3, -0.25) is 4.21 Å². The van der Waals surface area contributed by atoms with Crippen molar-refractivity contribution in [2.24, 2.45) is 7.05 Å². The maximum absolute atomic E-state index is 12.4. The molecular formula is C15H17ClN6OS. The van der Waals surface area contributed by atoms with E-state index in [0.717, 1.165) is 23.8 Å². The van der Waals surface area contributed by atoms with Crippen LogP contribution in [-0.2, 0) is 35.8 Å². The first kappa shape index (κ1) is 16.8. The molecular weight excluding hydrogens is 348 g/mol. The molecule has 0 aliphatic carbocycles. The van der Waals surface area contributed by atoms with Gasteiger partial charge in [0, 0.05) is 29.3 Å². The molecule has 3 rings (SSSR count). The van der Waals surface area contributed by atoms with Crippen LogP contribution in [0.1, 0.15) is 24.3 Å². The fraction of sp³-hybridized carbons (Fsp3) is 0.333. The van der Waals surface area contributed by atoms with Crippen molar-refractivity contribution in [3.63, 3.8) is 0 Å². The van der Waals surface area contributed by atoms with Gasteiger partial charge in [0.1, 0.15) is 11.6 Å². The van der Waals surface area contributed by atoms with Crippen LogP contribution in [0.2, 0.25) is 5.02 Å². The lowest BCUT2D eigenvalue weighted by atomic mass is 10.3. The van der Waals surface area contributed by atoms with E-state index >= 15 is 0 Å². The third-order valence-corrected chi connectivity index (χ3v) is 5.05. The third-order valence-electron chi connectivity index (χ3n) is 3.60. The monoisotopic (exact) mass is 364 g/mol. The van der Waals surface area contributed by atoms with E-state index in [2.05, 4.69) is 20.5 Å². The molecule has 0 saturated carbocycles. The van der Waals surface area contributed by atoms with Gasteiger partial charge < -0.3 is 4.57 Å². The molecule has 0 spiro atoms. The Balaban J connectivity index is 1.66. The highest BCUT2D eigenvalue weighted by molar-refractivity contribution is 7.83. The van der Waals surface area contributed by atoms with Gasteiger partial charge in [-0.15, -0.1) is 15.3 Å². The van der Waals surface area contributed by atoms with Gasteiger partial charge in [0.15, 0.2) is 0 Å². The molecule has 1 atom stereocenters. The fourth-order valence-corrected chi connectivity index (χ4v) is 3.51. The highest BCUT2D eigenvalue weighted by Gasteiger charge is 2.13. The van der Waals surface area contributed by atoms with Crippen molar-refractivity contribution in [1.82, 2.24) is 29.8 Å². The minimum atomic E-state index is -1.13. The number of benzene rings is 1. The van der Waals surface area contributed by atoms with Crippen molar-refractivity contribution in [3.05, 3.63) is 52.8 Å². The molecule has 24 heavy (non-hydrogen) atoms. The summed E-state index contributed by atoms with van der Waals surface area (Å²) in [6.07, 6.45) is 2.57. The summed E-state index contributed by atoms with van der Waals surface area (Å²) in [7, 11) is 0.763. The van der Waals surface area contributed by atoms with Crippen LogP contribution >= 0.6 is 11.6 Å². The SMILES string of the molecule is CCc1nnc(C[S@@](=O)Cc2cn(-c3ccc(Cl)cc3)nn2)n1C. The lowest BCUT2D eigenvalue weighted by molar-refractivity contribution is 0.677. The van der Waals surface area contributed by atoms with Gasteiger partial charge in [-0.25, -0.2) is 4.68 Å². The van der Waals surface area contributed by atoms with Crippen LogP contribution in [0.25, 0.3) is 5.69 Å². The number of halogens is 1. The van der Waals surface area contributed by atoms with Crippen LogP contribution in [0, 0.1) is 0 Å². The van der Waals surface area contributed by atoms with E-state index in [-0.39, 0.29) is 0 Å². The third kappa shape index (κ3) is 3.70. The predicted octanol–water partition coefficient (Wildman–Crippen LogP) is 2.06. The number of nitrogens with zero attached hydrogens (tertiary/aromatic N) is 6. The molecule has 0 fully saturated rings. The lowest BCUT2D eigenvalue weighted by Gasteiger charge is -2.02. The van der Waals surface area contributed by atoms with E-state index in [1.165, 1.54) is 0 Å². The second-order valence-electron chi connectivity index (χ2n) is 5.30. The molecule has 2 aromatic heterocycles. The van der Waals surface area contributed by atoms with Gasteiger partial charge in [-0.1, -0.05) is 23.7 Å². The van der Waals surface area contributed by atoms with E-state index in [0.29, 0.717) is 22.2 Å². The van der Waals surface area contributed by atoms with Crippen molar-refractivity contribution < 1.29 is 4.21 Å². The van der Waals surface area contributed by atoms with E-state index < -0.39 is 10.8 Å². The summed E-state index contributed by atoms with van der Waals surface area (Å²) in [6.45, 7) is 2.01. The summed E-state index contributed by atoms with van der Waals surface area (Å²) in [4.78, 5) is 0. The van der Waals surface area contributed by atoms with Crippen LogP contribution in [0.3, 0.4) is 0 Å². The Kier molecular flexibility index (Phi) is 5.06. The first-order valence-electron chi connectivity index (χ1n) is 7.46. The number of aryl methyl sites for hydroxylation is 1. The number of hydrogen-bond acceptors (Lipinski definition) is 5. The summed E-state index contributed by atoms with van der Waals surface area (Å²) in [5.41, 5.74) is 1.52. The summed E-state index contributed by atoms with van der Waals surface area (Å²) in [5.74, 6) is 2.27. The molecule has 3 aromatic rings. The predicted molar refractivity (Wildman–Crippen MR) is 92.3 cm³/mol. The van der Waals surface area contributed by atoms with Gasteiger partial charge in [0.25, 0.3) is 0 Å². The molecule has 0 N–H and O–H groups in total. The van der Waals surface area contributed by atoms with Gasteiger partial charge in [-0.05, 0) is 24.3 Å². The highest BCUT2D eigenvalue weighted by Crippen LogP contribution is 2.13. The summed E-state index contributed by atoms with van der Waals surface area (Å²) < 4.78 is 15.9. The standard InChI is InChI=1S/C15H17ClN6OS/c1-3-14-18-19-15(21(14)2)10-24(23)9-12-8-22(20-17-12)13-6-4-11(16)5-7-13/h4-8H,3,9-10H2,1-2H3/t24-/m0/s1. The van der Waals surface area contributed by atoms with Crippen LogP contribution in [0.4, 0.5) is 0 Å². The first-order chi connectivity index (χ1) is 11.6. The summed E-state index contributed by atoms with van der Waals surface area (Å²) >= 11 is 5.88. The molecule has 9 heteroatoms. The van der Waals surface area contributed by atoms with E-state index in [4.69, 9.17) is 11.6 Å². The molecule has 0 aliphatic heterocycles. The Morgan fingerprint density at radius 1 is 1.08 bits per heavy atom. The van der Waals surface area contributed by atoms with E-state index in [9.17, 15) is 4.21 Å². The topological polar surface area (TPSA) is 78.5 Å². The zero-order valence-corrected chi connectivity index (χ0v) is 15.0. The molecule has 0 unspecified atom stereocenters. The average Bonchev–Trinajstić information content (AvgIpc) is 3.16. The molecule has 0 amide bonds. The van der Waals surface area contributed by atoms with Crippen molar-refractivity contribution in [3.8, 4) is 5.69 Å². The minimum absolute atomic E-state index is 0.321. The average molecular weight is 365 g/mol. The number of rotatable bonds is 6. The Hall–Kier alpha value is -2.06. The van der Waals surface area contributed by atoms with Gasteiger partial charge >= 0.3 is 0 Å². The molecule has 126 valence electrons. The lowest BCUT2D eigenvalue weighted by Crippen LogP contribution is -2.07. The van der Waals surface area contributed by atoms with Gasteiger partial charge in [0.2, 0.25) is 0 Å². The van der Waals surface area contributed by atoms with E-state index in [1.54, 1.807) is 23.0 Å². The minimum Gasteiger partial charge on any atom is -0.317 e. The molecule has 0 radical (unpaired) electrons. The van der Waals surface area contributed by atoms with Crippen molar-refractivity contribution in [2.75, 3.05) is 0 Å². The quantitative estimate of drug-likeness (QED) is 0.669. The maximum Gasteiger partial charge on any atom is 0.145 e. The van der Waals surface area contributed by atoms with Crippen LogP contribution in [0.15, 0.2) is 30.5 Å². The normalized spacial score (nSPS) is 12.5. The van der Waals surface area contributed by atoms with Crippen LogP contribution in [0.5, 0.6) is 0 Å². The Bertz CT molecular complexity index is 857. The molecule has 2 heterocycles. The highest BCUT2D eigenvalue weighted by atomic mass is 35.5.